The van der Waals surface area contributed by atoms with Gasteiger partial charge in [0.05, 0.1) is 12.9 Å². The summed E-state index contributed by atoms with van der Waals surface area (Å²) in [6, 6.07) is 0. The van der Waals surface area contributed by atoms with Crippen LogP contribution in [0.15, 0.2) is 22.6 Å². The van der Waals surface area contributed by atoms with Crippen LogP contribution in [0.1, 0.15) is 12.8 Å². The van der Waals surface area contributed by atoms with Crippen LogP contribution in [-0.4, -0.2) is 7.11 Å². The molecule has 1 rings (SSSR count). The van der Waals surface area contributed by atoms with Crippen LogP contribution >= 0.6 is 11.6 Å². The first kappa shape index (κ1) is 7.48. The number of hydrogen-bond acceptors (Lipinski definition) is 2. The predicted octanol–water partition coefficient (Wildman–Crippen LogP) is 1.72. The smallest absolute Gasteiger partial charge is 0.0980 e. The van der Waals surface area contributed by atoms with Crippen molar-refractivity contribution in [1.29, 1.82) is 0 Å². The Labute approximate surface area is 65.3 Å². The van der Waals surface area contributed by atoms with Gasteiger partial charge in [0.1, 0.15) is 0 Å². The Kier molecular flexibility index (Phi) is 2.22. The first-order valence-corrected chi connectivity index (χ1v) is 3.50. The Morgan fingerprint density at radius 1 is 1.60 bits per heavy atom. The van der Waals surface area contributed by atoms with Gasteiger partial charge in [-0.15, -0.1) is 0 Å². The predicted molar refractivity (Wildman–Crippen MR) is 41.4 cm³/mol. The number of ether oxygens (including phenoxy) is 1. The standard InChI is InChI=1S/C7H10ClNO/c1-10-5-2-3-6(8)7(9)4-5/h4H,2-3,9H2,1H3. The maximum atomic E-state index is 5.74. The van der Waals surface area contributed by atoms with Crippen LogP contribution in [0.25, 0.3) is 0 Å². The van der Waals surface area contributed by atoms with Crippen molar-refractivity contribution in [1.82, 2.24) is 0 Å². The van der Waals surface area contributed by atoms with E-state index in [1.54, 1.807) is 13.2 Å². The molecule has 0 aromatic carbocycles. The highest BCUT2D eigenvalue weighted by atomic mass is 35.5. The molecule has 2 N–H and O–H groups in total. The minimum atomic E-state index is 0.629. The van der Waals surface area contributed by atoms with E-state index in [9.17, 15) is 0 Å². The van der Waals surface area contributed by atoms with Crippen molar-refractivity contribution < 1.29 is 4.74 Å². The van der Waals surface area contributed by atoms with Crippen LogP contribution in [0.5, 0.6) is 0 Å². The fourth-order valence-electron chi connectivity index (χ4n) is 0.862. The average molecular weight is 160 g/mol. The van der Waals surface area contributed by atoms with E-state index >= 15 is 0 Å². The molecule has 0 saturated carbocycles. The van der Waals surface area contributed by atoms with Gasteiger partial charge in [-0.1, -0.05) is 11.6 Å². The first-order valence-electron chi connectivity index (χ1n) is 3.12. The molecule has 0 fully saturated rings. The maximum Gasteiger partial charge on any atom is 0.0980 e. The summed E-state index contributed by atoms with van der Waals surface area (Å²) in [6.45, 7) is 0. The molecule has 0 amide bonds. The Hall–Kier alpha value is -0.630. The molecular formula is C7H10ClNO. The Morgan fingerprint density at radius 2 is 2.30 bits per heavy atom. The van der Waals surface area contributed by atoms with Crippen LogP contribution in [0.4, 0.5) is 0 Å². The lowest BCUT2D eigenvalue weighted by Crippen LogP contribution is -2.04. The molecule has 1 aliphatic carbocycles. The lowest BCUT2D eigenvalue weighted by atomic mass is 10.1. The molecule has 3 heteroatoms. The lowest BCUT2D eigenvalue weighted by Gasteiger charge is -2.12. The fourth-order valence-corrected chi connectivity index (χ4v) is 1.01. The number of hydrogen-bond donors (Lipinski definition) is 1. The zero-order valence-electron chi connectivity index (χ0n) is 5.86. The van der Waals surface area contributed by atoms with Crippen molar-refractivity contribution in [3.8, 4) is 0 Å². The summed E-state index contributed by atoms with van der Waals surface area (Å²) in [5, 5.41) is 0.737. The summed E-state index contributed by atoms with van der Waals surface area (Å²) < 4.78 is 5.00. The first-order chi connectivity index (χ1) is 4.74. The largest absolute Gasteiger partial charge is 0.501 e. The van der Waals surface area contributed by atoms with Crippen molar-refractivity contribution >= 4 is 11.6 Å². The zero-order chi connectivity index (χ0) is 7.56. The second-order valence-corrected chi connectivity index (χ2v) is 2.63. The maximum absolute atomic E-state index is 5.74. The number of halogens is 1. The monoisotopic (exact) mass is 159 g/mol. The SMILES string of the molecule is COC1=CC(N)=C(Cl)CC1. The molecule has 0 atom stereocenters. The van der Waals surface area contributed by atoms with Gasteiger partial charge in [-0.25, -0.2) is 0 Å². The second kappa shape index (κ2) is 2.97. The summed E-state index contributed by atoms with van der Waals surface area (Å²) in [5.74, 6) is 0.905. The lowest BCUT2D eigenvalue weighted by molar-refractivity contribution is 0.275. The zero-order valence-corrected chi connectivity index (χ0v) is 6.61. The van der Waals surface area contributed by atoms with Crippen molar-refractivity contribution in [3.05, 3.63) is 22.6 Å². The molecule has 0 aromatic rings. The van der Waals surface area contributed by atoms with E-state index in [-0.39, 0.29) is 0 Å². The summed E-state index contributed by atoms with van der Waals surface area (Å²) >= 11 is 5.74. The molecule has 0 bridgehead atoms. The van der Waals surface area contributed by atoms with Crippen molar-refractivity contribution in [3.63, 3.8) is 0 Å². The topological polar surface area (TPSA) is 35.2 Å². The van der Waals surface area contributed by atoms with E-state index in [0.29, 0.717) is 5.70 Å². The summed E-state index contributed by atoms with van der Waals surface area (Å²) in [7, 11) is 1.64. The highest BCUT2D eigenvalue weighted by molar-refractivity contribution is 6.30. The molecule has 0 radical (unpaired) electrons. The third-order valence-electron chi connectivity index (χ3n) is 1.48. The number of methoxy groups -OCH3 is 1. The van der Waals surface area contributed by atoms with Gasteiger partial charge in [-0.3, -0.25) is 0 Å². The van der Waals surface area contributed by atoms with Gasteiger partial charge in [0, 0.05) is 17.2 Å². The van der Waals surface area contributed by atoms with E-state index in [0.717, 1.165) is 23.6 Å². The van der Waals surface area contributed by atoms with E-state index in [1.165, 1.54) is 0 Å². The molecule has 0 aliphatic heterocycles. The normalized spacial score (nSPS) is 18.8. The summed E-state index contributed by atoms with van der Waals surface area (Å²) in [6.07, 6.45) is 3.43. The molecule has 1 aliphatic rings. The van der Waals surface area contributed by atoms with Crippen LogP contribution < -0.4 is 5.73 Å². The Morgan fingerprint density at radius 3 is 2.80 bits per heavy atom. The molecule has 0 saturated heterocycles. The number of nitrogens with two attached hydrogens (primary N) is 1. The van der Waals surface area contributed by atoms with Gasteiger partial charge in [-0.2, -0.15) is 0 Å². The Balaban J connectivity index is 2.76. The van der Waals surface area contributed by atoms with Crippen LogP contribution in [-0.2, 0) is 4.74 Å². The fraction of sp³-hybridized carbons (Fsp3) is 0.429. The van der Waals surface area contributed by atoms with Crippen LogP contribution in [0.2, 0.25) is 0 Å². The molecular weight excluding hydrogens is 150 g/mol. The van der Waals surface area contributed by atoms with Gasteiger partial charge in [0.15, 0.2) is 0 Å². The van der Waals surface area contributed by atoms with Crippen LogP contribution in [0, 0.1) is 0 Å². The van der Waals surface area contributed by atoms with Gasteiger partial charge < -0.3 is 10.5 Å². The third kappa shape index (κ3) is 1.45. The molecule has 0 spiro atoms. The minimum absolute atomic E-state index is 0.629. The van der Waals surface area contributed by atoms with Gasteiger partial charge >= 0.3 is 0 Å². The molecule has 2 nitrogen and oxygen atoms in total. The van der Waals surface area contributed by atoms with Crippen molar-refractivity contribution in [2.24, 2.45) is 5.73 Å². The second-order valence-electron chi connectivity index (χ2n) is 2.18. The molecule has 0 unspecified atom stereocenters. The van der Waals surface area contributed by atoms with Crippen LogP contribution in [0.3, 0.4) is 0 Å². The number of allylic oxidation sites excluding steroid dienone is 3. The van der Waals surface area contributed by atoms with Crippen molar-refractivity contribution in [2.75, 3.05) is 7.11 Å². The summed E-state index contributed by atoms with van der Waals surface area (Å²) in [4.78, 5) is 0. The van der Waals surface area contributed by atoms with E-state index in [4.69, 9.17) is 22.1 Å². The minimum Gasteiger partial charge on any atom is -0.501 e. The van der Waals surface area contributed by atoms with E-state index in [2.05, 4.69) is 0 Å². The summed E-state index contributed by atoms with van der Waals surface area (Å²) in [5.41, 5.74) is 6.16. The van der Waals surface area contributed by atoms with Crippen molar-refractivity contribution in [2.45, 2.75) is 12.8 Å². The molecule has 56 valence electrons. The molecule has 0 aromatic heterocycles. The van der Waals surface area contributed by atoms with E-state index in [1.807, 2.05) is 0 Å². The van der Waals surface area contributed by atoms with Gasteiger partial charge in [-0.05, 0) is 12.5 Å². The third-order valence-corrected chi connectivity index (χ3v) is 1.89. The Bertz CT molecular complexity index is 196. The van der Waals surface area contributed by atoms with Gasteiger partial charge in [0.25, 0.3) is 0 Å². The van der Waals surface area contributed by atoms with E-state index < -0.39 is 0 Å². The van der Waals surface area contributed by atoms with Gasteiger partial charge in [0.2, 0.25) is 0 Å². The average Bonchev–Trinajstić information content (AvgIpc) is 1.95. The molecule has 0 heterocycles. The number of rotatable bonds is 1. The quantitative estimate of drug-likeness (QED) is 0.633. The molecule has 10 heavy (non-hydrogen) atoms. The highest BCUT2D eigenvalue weighted by Crippen LogP contribution is 2.23. The highest BCUT2D eigenvalue weighted by Gasteiger charge is 2.08.